The number of fused-ring (bicyclic) bond motifs is 1. The van der Waals surface area contributed by atoms with E-state index < -0.39 is 69.4 Å². The van der Waals surface area contributed by atoms with Gasteiger partial charge < -0.3 is 29.9 Å². The summed E-state index contributed by atoms with van der Waals surface area (Å²) >= 11 is 6.28. The molecule has 260 valence electrons. The molecule has 2 aliphatic rings. The third-order valence-corrected chi connectivity index (χ3v) is 11.1. The van der Waals surface area contributed by atoms with Gasteiger partial charge in [-0.1, -0.05) is 60.6 Å². The minimum atomic E-state index is -4.01. The highest BCUT2D eigenvalue weighted by molar-refractivity contribution is 7.91. The predicted octanol–water partition coefficient (Wildman–Crippen LogP) is 1.59. The summed E-state index contributed by atoms with van der Waals surface area (Å²) in [4.78, 5) is 37.4. The molecule has 18 heteroatoms. The number of aliphatic hydroxyl groups is 2. The highest BCUT2D eigenvalue weighted by atomic mass is 35.5. The van der Waals surface area contributed by atoms with Gasteiger partial charge in [-0.3, -0.25) is 4.57 Å². The molecular weight excluding hydrogens is 696 g/mol. The number of rotatable bonds is 11. The molecule has 5 atom stereocenters. The van der Waals surface area contributed by atoms with Crippen LogP contribution in [-0.4, -0.2) is 104 Å². The summed E-state index contributed by atoms with van der Waals surface area (Å²) in [5, 5.41) is 46.4. The molecule has 16 nitrogen and oxygen atoms in total. The second kappa shape index (κ2) is 12.7. The van der Waals surface area contributed by atoms with E-state index in [9.17, 15) is 38.4 Å². The Morgan fingerprint density at radius 1 is 1.20 bits per heavy atom. The number of carbonyl (C=O) groups is 2. The molecule has 1 aromatic carbocycles. The fraction of sp³-hybridized carbons (Fsp3) is 0.312. The van der Waals surface area contributed by atoms with Crippen molar-refractivity contribution in [3.8, 4) is 23.6 Å². The molecule has 0 bridgehead atoms. The highest BCUT2D eigenvalue weighted by Crippen LogP contribution is 2.40. The first-order valence-corrected chi connectivity index (χ1v) is 16.7. The summed E-state index contributed by atoms with van der Waals surface area (Å²) in [6, 6.07) is 7.91. The lowest BCUT2D eigenvalue weighted by molar-refractivity contribution is -0.191. The molecule has 0 amide bonds. The molecule has 50 heavy (non-hydrogen) atoms. The number of aliphatic hydroxyl groups excluding tert-OH is 1. The van der Waals surface area contributed by atoms with E-state index in [1.54, 1.807) is 49.4 Å². The number of imidazole rings is 1. The third kappa shape index (κ3) is 5.65. The van der Waals surface area contributed by atoms with Gasteiger partial charge in [-0.15, -0.1) is 6.42 Å². The van der Waals surface area contributed by atoms with Gasteiger partial charge in [0.25, 0.3) is 15.6 Å². The number of aliphatic carboxylic acids is 2. The lowest BCUT2D eigenvalue weighted by Crippen LogP contribution is -2.55. The maximum Gasteiger partial charge on any atom is 0.348 e. The minimum absolute atomic E-state index is 0.0255. The van der Waals surface area contributed by atoms with E-state index in [0.717, 1.165) is 4.09 Å². The van der Waals surface area contributed by atoms with Crippen LogP contribution < -0.4 is 0 Å². The molecule has 4 N–H and O–H groups in total. The molecule has 1 fully saturated rings. The van der Waals surface area contributed by atoms with Gasteiger partial charge in [0.05, 0.1) is 25.3 Å². The van der Waals surface area contributed by atoms with E-state index >= 15 is 0 Å². The normalized spacial score (nSPS) is 25.1. The number of halogens is 1. The van der Waals surface area contributed by atoms with Crippen LogP contribution in [0.2, 0.25) is 5.28 Å². The van der Waals surface area contributed by atoms with Crippen LogP contribution in [0.3, 0.4) is 0 Å². The van der Waals surface area contributed by atoms with Crippen molar-refractivity contribution in [2.24, 2.45) is 0 Å². The van der Waals surface area contributed by atoms with Crippen molar-refractivity contribution in [1.29, 1.82) is 0 Å². The average Bonchev–Trinajstić information content (AvgIpc) is 3.81. The van der Waals surface area contributed by atoms with Gasteiger partial charge in [-0.05, 0) is 30.5 Å². The van der Waals surface area contributed by atoms with Crippen LogP contribution in [0.5, 0.6) is 0 Å². The van der Waals surface area contributed by atoms with Gasteiger partial charge in [0, 0.05) is 12.0 Å². The molecule has 0 spiro atoms. The second-order valence-electron chi connectivity index (χ2n) is 11.9. The zero-order valence-electron chi connectivity index (χ0n) is 26.1. The van der Waals surface area contributed by atoms with Gasteiger partial charge in [0.15, 0.2) is 17.5 Å². The molecule has 4 aromatic rings. The Morgan fingerprint density at radius 3 is 2.56 bits per heavy atom. The number of nitrogens with zero attached hydrogens (tertiary/aromatic N) is 6. The number of aromatic nitrogens is 6. The smallest absolute Gasteiger partial charge is 0.348 e. The second-order valence-corrected chi connectivity index (χ2v) is 14.5. The van der Waals surface area contributed by atoms with Crippen LogP contribution in [0, 0.1) is 12.3 Å². The van der Waals surface area contributed by atoms with Crippen molar-refractivity contribution in [2.45, 2.75) is 54.2 Å². The molecule has 1 aliphatic carbocycles. The Bertz CT molecular complexity index is 2180. The number of benzene rings is 1. The first kappa shape index (κ1) is 34.9. The Kier molecular flexibility index (Phi) is 8.89. The first-order valence-electron chi connectivity index (χ1n) is 14.9. The molecule has 3 aromatic heterocycles. The maximum absolute atomic E-state index is 13.5. The van der Waals surface area contributed by atoms with E-state index in [1.165, 1.54) is 35.4 Å². The number of hydrogen-bond donors (Lipinski definition) is 4. The largest absolute Gasteiger partial charge is 0.479 e. The third-order valence-electron chi connectivity index (χ3n) is 8.77. The molecule has 1 saturated heterocycles. The summed E-state index contributed by atoms with van der Waals surface area (Å²) < 4.78 is 39.1. The van der Waals surface area contributed by atoms with E-state index in [2.05, 4.69) is 26.0 Å². The monoisotopic (exact) mass is 724 g/mol. The van der Waals surface area contributed by atoms with E-state index in [4.69, 9.17) is 27.5 Å². The fourth-order valence-corrected chi connectivity index (χ4v) is 7.36. The quantitative estimate of drug-likeness (QED) is 0.0978. The lowest BCUT2D eigenvalue weighted by Gasteiger charge is -2.30. The number of terminal acetylenes is 1. The number of carboxylic acids is 2. The molecule has 0 saturated carbocycles. The lowest BCUT2D eigenvalue weighted by atomic mass is 9.92. The molecule has 4 heterocycles. The topological polar surface area (TPSA) is 229 Å². The molecule has 0 radical (unpaired) electrons. The summed E-state index contributed by atoms with van der Waals surface area (Å²) in [7, 11) is -4.01. The van der Waals surface area contributed by atoms with Crippen LogP contribution in [0.4, 0.5) is 0 Å². The summed E-state index contributed by atoms with van der Waals surface area (Å²) in [6.07, 6.45) is 10.6. The summed E-state index contributed by atoms with van der Waals surface area (Å²) in [5.41, 5.74) is -4.63. The average molecular weight is 725 g/mol. The van der Waals surface area contributed by atoms with Crippen molar-refractivity contribution in [2.75, 3.05) is 6.61 Å². The first-order chi connectivity index (χ1) is 23.7. The van der Waals surface area contributed by atoms with Crippen LogP contribution in [-0.2, 0) is 35.5 Å². The molecule has 6 rings (SSSR count). The zero-order valence-corrected chi connectivity index (χ0v) is 27.6. The zero-order chi connectivity index (χ0) is 36.1. The van der Waals surface area contributed by atoms with Gasteiger partial charge in [-0.25, -0.2) is 28.0 Å². The van der Waals surface area contributed by atoms with Gasteiger partial charge >= 0.3 is 11.9 Å². The van der Waals surface area contributed by atoms with Crippen molar-refractivity contribution >= 4 is 44.7 Å². The SMILES string of the molecule is C#C[C@@]1(O)[C@@H](COC(Cc2ccccc2)(C(=O)O)C(=O)O)O[C@@H](n2cnc3c(-c4cnn(S(=O)(=O)C5(C)C=CC=CC5)c4)nc(Cl)nc32)[C@@H]1O. The highest BCUT2D eigenvalue weighted by Gasteiger charge is 2.58. The van der Waals surface area contributed by atoms with Crippen LogP contribution >= 0.6 is 11.6 Å². The Morgan fingerprint density at radius 2 is 1.92 bits per heavy atom. The van der Waals surface area contributed by atoms with Crippen molar-refractivity contribution < 1.29 is 47.9 Å². The predicted molar refractivity (Wildman–Crippen MR) is 175 cm³/mol. The van der Waals surface area contributed by atoms with Crippen LogP contribution in [0.1, 0.15) is 25.1 Å². The summed E-state index contributed by atoms with van der Waals surface area (Å²) in [6.45, 7) is 0.700. The molecule has 1 unspecified atom stereocenters. The Hall–Kier alpha value is -4.96. The van der Waals surface area contributed by atoms with Gasteiger partial charge in [-0.2, -0.15) is 14.2 Å². The Labute approximate surface area is 289 Å². The minimum Gasteiger partial charge on any atom is -0.479 e. The van der Waals surface area contributed by atoms with Gasteiger partial charge in [0.1, 0.15) is 28.2 Å². The molecule has 1 aliphatic heterocycles. The standard InChI is InChI=1S/C32H29ClN6O10S/c1-3-31(45)21(17-48-32(27(41)42,28(43)44)14-19-10-6-4-7-11-19)49-26(24(31)40)38-18-34-23-22(36-29(33)37-25(23)38)20-15-35-39(16-20)50(46,47)30(2)12-8-5-9-13-30/h1,4-12,15-16,18,21,24,26,40,45H,13-14,17H2,2H3,(H,41,42)(H,43,44)/t21-,24+,26-,30?,31-/m1/s1. The van der Waals surface area contributed by atoms with Crippen LogP contribution in [0.25, 0.3) is 22.4 Å². The number of hydrogen-bond acceptors (Lipinski definition) is 12. The maximum atomic E-state index is 13.5. The number of allylic oxidation sites excluding steroid dienone is 3. The van der Waals surface area contributed by atoms with Crippen molar-refractivity contribution in [3.63, 3.8) is 0 Å². The van der Waals surface area contributed by atoms with E-state index in [-0.39, 0.29) is 34.1 Å². The van der Waals surface area contributed by atoms with Crippen LogP contribution in [0.15, 0.2) is 73.4 Å². The van der Waals surface area contributed by atoms with E-state index in [1.807, 2.05) is 0 Å². The Balaban J connectivity index is 1.32. The number of ether oxygens (including phenoxy) is 2. The number of carboxylic acid groups (broad SMARTS) is 2. The van der Waals surface area contributed by atoms with Crippen molar-refractivity contribution in [1.82, 2.24) is 28.7 Å². The summed E-state index contributed by atoms with van der Waals surface area (Å²) in [5.74, 6) is -1.57. The van der Waals surface area contributed by atoms with Crippen molar-refractivity contribution in [3.05, 3.63) is 84.2 Å². The fourth-order valence-electron chi connectivity index (χ4n) is 5.78. The van der Waals surface area contributed by atoms with E-state index in [0.29, 0.717) is 5.56 Å². The van der Waals surface area contributed by atoms with Gasteiger partial charge in [0.2, 0.25) is 5.28 Å². The molecular formula is C32H29ClN6O10S.